The van der Waals surface area contributed by atoms with Crippen LogP contribution in [0, 0.1) is 11.8 Å². The molecule has 0 aromatic heterocycles. The van der Waals surface area contributed by atoms with Gasteiger partial charge in [-0.15, -0.1) is 0 Å². The molecule has 1 aliphatic rings. The SMILES string of the molecule is O=C(O)CCOCCOCCOCCNC(=O)CCOCC(COCCC(=O)NCCOCCOCCOCCC(=O)O)C1CC1OCCC(=O)NCCOCCOCCOCCC(=O)O. The minimum Gasteiger partial charge on any atom is -0.481 e. The lowest BCUT2D eigenvalue weighted by molar-refractivity contribution is -0.139. The second-order valence-corrected chi connectivity index (χ2v) is 14.5. The molecule has 2 atom stereocenters. The van der Waals surface area contributed by atoms with E-state index in [1.165, 1.54) is 0 Å². The van der Waals surface area contributed by atoms with Crippen molar-refractivity contribution in [3.05, 3.63) is 0 Å². The van der Waals surface area contributed by atoms with Crippen LogP contribution in [-0.4, -0.2) is 229 Å². The Bertz CT molecular complexity index is 1210. The average molecular weight is 958 g/mol. The first-order valence-electron chi connectivity index (χ1n) is 22.5. The highest BCUT2D eigenvalue weighted by Gasteiger charge is 2.44. The van der Waals surface area contributed by atoms with Gasteiger partial charge in [-0.25, -0.2) is 0 Å². The van der Waals surface area contributed by atoms with E-state index in [2.05, 4.69) is 16.0 Å². The van der Waals surface area contributed by atoms with Gasteiger partial charge in [0, 0.05) is 44.8 Å². The summed E-state index contributed by atoms with van der Waals surface area (Å²) in [5.74, 6) is -3.27. The van der Waals surface area contributed by atoms with E-state index in [9.17, 15) is 28.8 Å². The number of carbonyl (C=O) groups excluding carboxylic acids is 3. The van der Waals surface area contributed by atoms with Gasteiger partial charge in [0.25, 0.3) is 0 Å². The predicted molar refractivity (Wildman–Crippen MR) is 230 cm³/mol. The van der Waals surface area contributed by atoms with Crippen molar-refractivity contribution in [2.75, 3.05) is 172 Å². The standard InChI is InChI=1S/C42H75N3O21/c46-37(43-7-16-58-22-28-61-25-19-55-12-4-40(49)50)1-10-64-32-34(33-65-11-2-38(47)44-8-17-59-23-29-62-26-20-56-13-5-41(51)52)35-31-36(35)66-15-3-39(48)45-9-18-60-24-30-63-27-21-57-14-6-42(53)54/h34-36H,1-33H2,(H,43,46)(H,44,47)(H,45,48)(H,49,50)(H,51,52)(H,53,54). The van der Waals surface area contributed by atoms with Gasteiger partial charge in [0.15, 0.2) is 0 Å². The van der Waals surface area contributed by atoms with Crippen molar-refractivity contribution >= 4 is 35.6 Å². The number of hydrogen-bond acceptors (Lipinski definition) is 18. The molecule has 0 heterocycles. The molecule has 384 valence electrons. The molecule has 0 radical (unpaired) electrons. The fourth-order valence-corrected chi connectivity index (χ4v) is 5.43. The van der Waals surface area contributed by atoms with Crippen molar-refractivity contribution < 1.29 is 101 Å². The number of nitrogens with one attached hydrogen (secondary N) is 3. The van der Waals surface area contributed by atoms with E-state index in [0.717, 1.165) is 6.42 Å². The molecular formula is C42H75N3O21. The maximum atomic E-state index is 12.3. The minimum absolute atomic E-state index is 0.0548. The second kappa shape index (κ2) is 43.9. The maximum absolute atomic E-state index is 12.3. The van der Waals surface area contributed by atoms with E-state index < -0.39 is 17.9 Å². The molecular weight excluding hydrogens is 882 g/mol. The summed E-state index contributed by atoms with van der Waals surface area (Å²) in [7, 11) is 0. The van der Waals surface area contributed by atoms with E-state index >= 15 is 0 Å². The lowest BCUT2D eigenvalue weighted by Crippen LogP contribution is -2.30. The fraction of sp³-hybridized carbons (Fsp3) is 0.857. The number of rotatable bonds is 51. The number of ether oxygens (including phenoxy) is 12. The first-order valence-corrected chi connectivity index (χ1v) is 22.5. The molecule has 0 bridgehead atoms. The highest BCUT2D eigenvalue weighted by atomic mass is 16.6. The van der Waals surface area contributed by atoms with Gasteiger partial charge < -0.3 is 88.1 Å². The lowest BCUT2D eigenvalue weighted by Gasteiger charge is -2.18. The van der Waals surface area contributed by atoms with Crippen LogP contribution in [0.2, 0.25) is 0 Å². The number of carbonyl (C=O) groups is 6. The predicted octanol–water partition coefficient (Wildman–Crippen LogP) is -0.867. The Kier molecular flexibility index (Phi) is 40.1. The molecule has 66 heavy (non-hydrogen) atoms. The van der Waals surface area contributed by atoms with Crippen molar-refractivity contribution in [2.45, 2.75) is 51.0 Å². The van der Waals surface area contributed by atoms with Gasteiger partial charge >= 0.3 is 17.9 Å². The smallest absolute Gasteiger partial charge is 0.305 e. The van der Waals surface area contributed by atoms with Gasteiger partial charge in [0.2, 0.25) is 17.7 Å². The van der Waals surface area contributed by atoms with E-state index in [1.54, 1.807) is 0 Å². The van der Waals surface area contributed by atoms with Crippen LogP contribution in [0.3, 0.4) is 0 Å². The Morgan fingerprint density at radius 2 is 0.636 bits per heavy atom. The van der Waals surface area contributed by atoms with Crippen molar-refractivity contribution in [1.82, 2.24) is 16.0 Å². The summed E-state index contributed by atoms with van der Waals surface area (Å²) in [5.41, 5.74) is 0. The molecule has 0 spiro atoms. The third-order valence-corrected chi connectivity index (χ3v) is 8.97. The average Bonchev–Trinajstić information content (AvgIpc) is 4.05. The third-order valence-electron chi connectivity index (χ3n) is 8.97. The summed E-state index contributed by atoms with van der Waals surface area (Å²) in [6.45, 7) is 7.38. The molecule has 1 aliphatic carbocycles. The molecule has 1 saturated carbocycles. The summed E-state index contributed by atoms with van der Waals surface area (Å²) < 4.78 is 65.5. The monoisotopic (exact) mass is 957 g/mol. The summed E-state index contributed by atoms with van der Waals surface area (Å²) in [5, 5.41) is 34.1. The first kappa shape index (κ1) is 60.4. The molecule has 6 N–H and O–H groups in total. The zero-order valence-electron chi connectivity index (χ0n) is 38.3. The van der Waals surface area contributed by atoms with E-state index in [1.807, 2.05) is 0 Å². The number of carboxylic acid groups (broad SMARTS) is 3. The van der Waals surface area contributed by atoms with E-state index in [-0.39, 0.29) is 114 Å². The molecule has 1 fully saturated rings. The summed E-state index contributed by atoms with van der Waals surface area (Å²) in [4.78, 5) is 68.3. The molecule has 0 aromatic carbocycles. The quantitative estimate of drug-likeness (QED) is 0.0404. The van der Waals surface area contributed by atoms with Gasteiger partial charge in [-0.3, -0.25) is 28.8 Å². The first-order chi connectivity index (χ1) is 32.1. The van der Waals surface area contributed by atoms with Gasteiger partial charge in [-0.1, -0.05) is 0 Å². The van der Waals surface area contributed by atoms with Crippen molar-refractivity contribution in [3.8, 4) is 0 Å². The van der Waals surface area contributed by atoms with Crippen molar-refractivity contribution in [3.63, 3.8) is 0 Å². The zero-order chi connectivity index (χ0) is 48.1. The third kappa shape index (κ3) is 41.7. The molecule has 0 saturated heterocycles. The van der Waals surface area contributed by atoms with Crippen molar-refractivity contribution in [1.29, 1.82) is 0 Å². The largest absolute Gasteiger partial charge is 0.481 e. The Balaban J connectivity index is 2.28. The number of amides is 3. The second-order valence-electron chi connectivity index (χ2n) is 14.5. The Morgan fingerprint density at radius 3 is 0.955 bits per heavy atom. The fourth-order valence-electron chi connectivity index (χ4n) is 5.43. The van der Waals surface area contributed by atoms with Gasteiger partial charge in [0.05, 0.1) is 177 Å². The summed E-state index contributed by atoms with van der Waals surface area (Å²) in [6, 6.07) is 0. The van der Waals surface area contributed by atoms with Gasteiger partial charge in [0.1, 0.15) is 0 Å². The maximum Gasteiger partial charge on any atom is 0.305 e. The van der Waals surface area contributed by atoms with Crippen LogP contribution in [0.25, 0.3) is 0 Å². The van der Waals surface area contributed by atoms with E-state index in [4.69, 9.17) is 72.2 Å². The van der Waals surface area contributed by atoms with Crippen molar-refractivity contribution in [2.24, 2.45) is 11.8 Å². The zero-order valence-corrected chi connectivity index (χ0v) is 38.3. The number of hydrogen-bond donors (Lipinski definition) is 6. The molecule has 3 amide bonds. The summed E-state index contributed by atoms with van der Waals surface area (Å²) in [6.07, 6.45) is 0.961. The van der Waals surface area contributed by atoms with Crippen LogP contribution < -0.4 is 16.0 Å². The molecule has 1 rings (SSSR count). The molecule has 0 aromatic rings. The highest BCUT2D eigenvalue weighted by molar-refractivity contribution is 5.76. The summed E-state index contributed by atoms with van der Waals surface area (Å²) >= 11 is 0. The van der Waals surface area contributed by atoms with Gasteiger partial charge in [-0.2, -0.15) is 0 Å². The molecule has 0 aliphatic heterocycles. The number of aliphatic carboxylic acids is 3. The van der Waals surface area contributed by atoms with Crippen LogP contribution in [0.1, 0.15) is 44.9 Å². The minimum atomic E-state index is -0.919. The van der Waals surface area contributed by atoms with Gasteiger partial charge in [-0.05, 0) is 12.3 Å². The molecule has 24 heteroatoms. The Hall–Kier alpha value is -3.66. The molecule has 24 nitrogen and oxygen atoms in total. The van der Waals surface area contributed by atoms with Crippen LogP contribution >= 0.6 is 0 Å². The Labute approximate surface area is 386 Å². The van der Waals surface area contributed by atoms with Crippen LogP contribution in [-0.2, 0) is 85.6 Å². The Morgan fingerprint density at radius 1 is 0.364 bits per heavy atom. The van der Waals surface area contributed by atoms with Crippen LogP contribution in [0.15, 0.2) is 0 Å². The highest BCUT2D eigenvalue weighted by Crippen LogP contribution is 2.40. The topological polar surface area (TPSA) is 310 Å². The normalized spacial score (nSPS) is 14.3. The van der Waals surface area contributed by atoms with Crippen LogP contribution in [0.4, 0.5) is 0 Å². The lowest BCUT2D eigenvalue weighted by atomic mass is 10.1. The van der Waals surface area contributed by atoms with E-state index in [0.29, 0.717) is 132 Å². The number of carboxylic acids is 3. The molecule has 2 unspecified atom stereocenters. The van der Waals surface area contributed by atoms with Crippen LogP contribution in [0.5, 0.6) is 0 Å².